The molecule has 0 unspecified atom stereocenters. The van der Waals surface area contributed by atoms with Crippen molar-refractivity contribution in [1.82, 2.24) is 0 Å². The van der Waals surface area contributed by atoms with E-state index < -0.39 is 5.24 Å². The molecule has 0 saturated heterocycles. The molecule has 0 fully saturated rings. The first kappa shape index (κ1) is 9.81. The molecule has 0 saturated carbocycles. The van der Waals surface area contributed by atoms with Crippen molar-refractivity contribution < 1.29 is 9.53 Å². The molecule has 0 N–H and O–H groups in total. The topological polar surface area (TPSA) is 26.3 Å². The van der Waals surface area contributed by atoms with Crippen molar-refractivity contribution in [3.05, 3.63) is 41.7 Å². The normalized spacial score (nSPS) is 11.1. The number of allylic oxidation sites excluding steroid dienone is 1. The maximum absolute atomic E-state index is 10.8. The Labute approximate surface area is 81.8 Å². The summed E-state index contributed by atoms with van der Waals surface area (Å²) in [4.78, 5) is 10.8. The van der Waals surface area contributed by atoms with Gasteiger partial charge in [-0.3, -0.25) is 4.79 Å². The maximum Gasteiger partial charge on any atom is 0.287 e. The Morgan fingerprint density at radius 2 is 2.00 bits per heavy atom. The number of methoxy groups -OCH3 is 1. The van der Waals surface area contributed by atoms with Gasteiger partial charge in [0.1, 0.15) is 0 Å². The molecule has 0 amide bonds. The molecule has 2 nitrogen and oxygen atoms in total. The lowest BCUT2D eigenvalue weighted by molar-refractivity contribution is -0.111. The van der Waals surface area contributed by atoms with Crippen LogP contribution in [0.1, 0.15) is 5.56 Å². The number of rotatable bonds is 3. The highest BCUT2D eigenvalue weighted by atomic mass is 35.5. The molecule has 0 spiro atoms. The van der Waals surface area contributed by atoms with Gasteiger partial charge < -0.3 is 4.74 Å². The second-order valence-corrected chi connectivity index (χ2v) is 2.74. The summed E-state index contributed by atoms with van der Waals surface area (Å²) in [5, 5.41) is -0.591. The molecule has 1 aromatic carbocycles. The summed E-state index contributed by atoms with van der Waals surface area (Å²) in [6.45, 7) is 0. The Morgan fingerprint density at radius 1 is 1.38 bits per heavy atom. The molecule has 0 aliphatic rings. The summed E-state index contributed by atoms with van der Waals surface area (Å²) in [7, 11) is 1.41. The van der Waals surface area contributed by atoms with Gasteiger partial charge in [-0.2, -0.15) is 0 Å². The van der Waals surface area contributed by atoms with E-state index in [0.717, 1.165) is 5.56 Å². The van der Waals surface area contributed by atoms with Gasteiger partial charge in [0.2, 0.25) is 0 Å². The number of halogens is 1. The van der Waals surface area contributed by atoms with Crippen LogP contribution in [0.25, 0.3) is 6.08 Å². The van der Waals surface area contributed by atoms with Crippen LogP contribution in [0.15, 0.2) is 36.1 Å². The van der Waals surface area contributed by atoms with Crippen molar-refractivity contribution in [3.63, 3.8) is 0 Å². The molecule has 3 heteroatoms. The van der Waals surface area contributed by atoms with Crippen LogP contribution in [0.3, 0.4) is 0 Å². The highest BCUT2D eigenvalue weighted by Gasteiger charge is 2.04. The minimum absolute atomic E-state index is 0.146. The van der Waals surface area contributed by atoms with Crippen molar-refractivity contribution in [3.8, 4) is 0 Å². The van der Waals surface area contributed by atoms with Crippen LogP contribution in [0.4, 0.5) is 0 Å². The van der Waals surface area contributed by atoms with Gasteiger partial charge in [-0.25, -0.2) is 0 Å². The zero-order valence-corrected chi connectivity index (χ0v) is 7.91. The number of hydrogen-bond donors (Lipinski definition) is 0. The summed E-state index contributed by atoms with van der Waals surface area (Å²) < 4.78 is 4.80. The SMILES string of the molecule is CO/C(=C\c1ccccc1)C(=O)Cl. The Hall–Kier alpha value is -1.28. The van der Waals surface area contributed by atoms with Gasteiger partial charge in [0.25, 0.3) is 5.24 Å². The van der Waals surface area contributed by atoms with E-state index >= 15 is 0 Å². The van der Waals surface area contributed by atoms with E-state index in [1.807, 2.05) is 30.3 Å². The van der Waals surface area contributed by atoms with Crippen LogP contribution < -0.4 is 0 Å². The fourth-order valence-electron chi connectivity index (χ4n) is 0.897. The fourth-order valence-corrected chi connectivity index (χ4v) is 1.03. The van der Waals surface area contributed by atoms with Gasteiger partial charge in [0, 0.05) is 0 Å². The van der Waals surface area contributed by atoms with Crippen molar-refractivity contribution in [2.24, 2.45) is 0 Å². The molecule has 0 atom stereocenters. The second-order valence-electron chi connectivity index (χ2n) is 2.40. The molecule has 0 aromatic heterocycles. The van der Waals surface area contributed by atoms with Gasteiger partial charge in [-0.15, -0.1) is 0 Å². The zero-order chi connectivity index (χ0) is 9.68. The van der Waals surface area contributed by atoms with E-state index in [2.05, 4.69) is 0 Å². The Kier molecular flexibility index (Phi) is 3.53. The largest absolute Gasteiger partial charge is 0.492 e. The van der Waals surface area contributed by atoms with Crippen LogP contribution in [0, 0.1) is 0 Å². The van der Waals surface area contributed by atoms with Crippen LogP contribution in [-0.2, 0) is 9.53 Å². The summed E-state index contributed by atoms with van der Waals surface area (Å²) >= 11 is 5.26. The number of carbonyl (C=O) groups excluding carboxylic acids is 1. The summed E-state index contributed by atoms with van der Waals surface area (Å²) in [6, 6.07) is 9.36. The average Bonchev–Trinajstić information content (AvgIpc) is 2.15. The van der Waals surface area contributed by atoms with Crippen LogP contribution in [0.5, 0.6) is 0 Å². The second kappa shape index (κ2) is 4.67. The average molecular weight is 197 g/mol. The number of ether oxygens (including phenoxy) is 1. The molecule has 13 heavy (non-hydrogen) atoms. The van der Waals surface area contributed by atoms with Gasteiger partial charge in [-0.05, 0) is 23.2 Å². The minimum Gasteiger partial charge on any atom is -0.492 e. The van der Waals surface area contributed by atoms with E-state index in [9.17, 15) is 4.79 Å². The van der Waals surface area contributed by atoms with Crippen molar-refractivity contribution in [1.29, 1.82) is 0 Å². The summed E-state index contributed by atoms with van der Waals surface area (Å²) in [5.41, 5.74) is 0.883. The van der Waals surface area contributed by atoms with Gasteiger partial charge in [0.15, 0.2) is 5.76 Å². The molecule has 0 aliphatic carbocycles. The van der Waals surface area contributed by atoms with Crippen LogP contribution >= 0.6 is 11.6 Å². The van der Waals surface area contributed by atoms with E-state index in [4.69, 9.17) is 16.3 Å². The molecular formula is C10H9ClO2. The summed E-state index contributed by atoms with van der Waals surface area (Å²) in [6.07, 6.45) is 1.59. The first-order valence-corrected chi connectivity index (χ1v) is 4.12. The Morgan fingerprint density at radius 3 is 2.46 bits per heavy atom. The lowest BCUT2D eigenvalue weighted by atomic mass is 10.2. The van der Waals surface area contributed by atoms with Crippen LogP contribution in [-0.4, -0.2) is 12.4 Å². The maximum atomic E-state index is 10.8. The van der Waals surface area contributed by atoms with E-state index in [0.29, 0.717) is 0 Å². The van der Waals surface area contributed by atoms with Gasteiger partial charge in [-0.1, -0.05) is 30.3 Å². The molecule has 1 aromatic rings. The Balaban J connectivity index is 2.92. The lowest BCUT2D eigenvalue weighted by Crippen LogP contribution is -1.95. The fraction of sp³-hybridized carbons (Fsp3) is 0.100. The van der Waals surface area contributed by atoms with E-state index in [-0.39, 0.29) is 5.76 Å². The molecule has 0 radical (unpaired) electrons. The predicted molar refractivity (Wildman–Crippen MR) is 52.3 cm³/mol. The van der Waals surface area contributed by atoms with Crippen molar-refractivity contribution in [2.75, 3.05) is 7.11 Å². The third-order valence-electron chi connectivity index (χ3n) is 1.51. The van der Waals surface area contributed by atoms with Crippen molar-refractivity contribution in [2.45, 2.75) is 0 Å². The predicted octanol–water partition coefficient (Wildman–Crippen LogP) is 2.44. The molecule has 1 rings (SSSR count). The number of hydrogen-bond acceptors (Lipinski definition) is 2. The lowest BCUT2D eigenvalue weighted by Gasteiger charge is -1.99. The molecule has 0 heterocycles. The Bertz CT molecular complexity index is 317. The monoisotopic (exact) mass is 196 g/mol. The zero-order valence-electron chi connectivity index (χ0n) is 7.16. The number of benzene rings is 1. The molecule has 68 valence electrons. The van der Waals surface area contributed by atoms with E-state index in [1.165, 1.54) is 7.11 Å². The number of carbonyl (C=O) groups is 1. The third kappa shape index (κ3) is 2.92. The van der Waals surface area contributed by atoms with Gasteiger partial charge in [0.05, 0.1) is 7.11 Å². The quantitative estimate of drug-likeness (QED) is 0.422. The highest BCUT2D eigenvalue weighted by Crippen LogP contribution is 2.09. The molecule has 0 bridgehead atoms. The standard InChI is InChI=1S/C10H9ClO2/c1-13-9(10(11)12)7-8-5-3-2-4-6-8/h2-7H,1H3/b9-7-. The molecular weight excluding hydrogens is 188 g/mol. The summed E-state index contributed by atoms with van der Waals surface area (Å²) in [5.74, 6) is 0.146. The molecule has 0 aliphatic heterocycles. The van der Waals surface area contributed by atoms with Gasteiger partial charge >= 0.3 is 0 Å². The van der Waals surface area contributed by atoms with Crippen molar-refractivity contribution >= 4 is 22.9 Å². The van der Waals surface area contributed by atoms with E-state index in [1.54, 1.807) is 6.08 Å². The minimum atomic E-state index is -0.591. The first-order chi connectivity index (χ1) is 6.24. The third-order valence-corrected chi connectivity index (χ3v) is 1.70. The smallest absolute Gasteiger partial charge is 0.287 e. The van der Waals surface area contributed by atoms with Crippen LogP contribution in [0.2, 0.25) is 0 Å². The first-order valence-electron chi connectivity index (χ1n) is 3.74. The highest BCUT2D eigenvalue weighted by molar-refractivity contribution is 6.67.